The third-order valence-corrected chi connectivity index (χ3v) is 8.05. The molecule has 2 amide bonds. The molecule has 0 bridgehead atoms. The van der Waals surface area contributed by atoms with Gasteiger partial charge in [0.05, 0.1) is 6.54 Å². The maximum absolute atomic E-state index is 14.5. The van der Waals surface area contributed by atoms with Gasteiger partial charge in [-0.3, -0.25) is 14.5 Å². The van der Waals surface area contributed by atoms with Crippen LogP contribution in [-0.4, -0.2) is 30.9 Å². The number of benzene rings is 3. The van der Waals surface area contributed by atoms with Gasteiger partial charge < -0.3 is 9.80 Å². The van der Waals surface area contributed by atoms with Gasteiger partial charge in [-0.1, -0.05) is 61.7 Å². The van der Waals surface area contributed by atoms with Crippen molar-refractivity contribution in [3.63, 3.8) is 0 Å². The molecule has 6 rings (SSSR count). The van der Waals surface area contributed by atoms with Crippen LogP contribution in [0.5, 0.6) is 0 Å². The highest BCUT2D eigenvalue weighted by Gasteiger charge is 2.46. The fraction of sp³-hybridized carbons (Fsp3) is 0.355. The number of carbonyl (C=O) groups excluding carboxylic acids is 2. The van der Waals surface area contributed by atoms with Gasteiger partial charge in [0.25, 0.3) is 5.91 Å². The molecule has 0 spiro atoms. The van der Waals surface area contributed by atoms with E-state index in [1.807, 2.05) is 41.3 Å². The fourth-order valence-corrected chi connectivity index (χ4v) is 6.37. The summed E-state index contributed by atoms with van der Waals surface area (Å²) >= 11 is 0. The molecule has 2 aliphatic heterocycles. The second kappa shape index (κ2) is 10.0. The van der Waals surface area contributed by atoms with E-state index in [-0.39, 0.29) is 24.4 Å². The maximum atomic E-state index is 14.5. The number of para-hydroxylation sites is 2. The topological polar surface area (TPSA) is 43.9 Å². The number of anilines is 3. The van der Waals surface area contributed by atoms with Gasteiger partial charge in [-0.15, -0.1) is 0 Å². The molecule has 5 nitrogen and oxygen atoms in total. The number of carbonyl (C=O) groups is 2. The Labute approximate surface area is 217 Å². The Bertz CT molecular complexity index is 1320. The molecule has 1 aliphatic carbocycles. The minimum Gasteiger partial charge on any atom is -0.362 e. The molecule has 0 N–H and O–H groups in total. The first-order valence-corrected chi connectivity index (χ1v) is 13.4. The highest BCUT2D eigenvalue weighted by Crippen LogP contribution is 2.44. The van der Waals surface area contributed by atoms with Gasteiger partial charge in [-0.05, 0) is 61.6 Å². The number of nitrogens with zero attached hydrogens (tertiary/aromatic N) is 3. The first kappa shape index (κ1) is 23.7. The predicted octanol–water partition coefficient (Wildman–Crippen LogP) is 6.03. The maximum Gasteiger partial charge on any atom is 0.255 e. The fourth-order valence-electron chi connectivity index (χ4n) is 6.37. The third-order valence-electron chi connectivity index (χ3n) is 8.05. The molecule has 0 saturated heterocycles. The quantitative estimate of drug-likeness (QED) is 0.432. The lowest BCUT2D eigenvalue weighted by Crippen LogP contribution is -2.48. The third kappa shape index (κ3) is 4.39. The summed E-state index contributed by atoms with van der Waals surface area (Å²) < 4.78 is 14.5. The number of rotatable bonds is 5. The average Bonchev–Trinajstić information content (AvgIpc) is 3.21. The molecule has 1 unspecified atom stereocenters. The van der Waals surface area contributed by atoms with Crippen LogP contribution in [0.25, 0.3) is 0 Å². The van der Waals surface area contributed by atoms with Crippen molar-refractivity contribution in [2.24, 2.45) is 0 Å². The lowest BCUT2D eigenvalue weighted by Gasteiger charge is -2.35. The molecule has 0 radical (unpaired) electrons. The molecule has 1 atom stereocenters. The molecule has 0 aromatic heterocycles. The molecule has 190 valence electrons. The number of amides is 2. The molecule has 3 aromatic carbocycles. The van der Waals surface area contributed by atoms with Crippen molar-refractivity contribution in [2.75, 3.05) is 27.8 Å². The van der Waals surface area contributed by atoms with Gasteiger partial charge in [0.15, 0.2) is 0 Å². The number of fused-ring (bicyclic) bond motifs is 2. The smallest absolute Gasteiger partial charge is 0.255 e. The zero-order valence-corrected chi connectivity index (χ0v) is 21.0. The van der Waals surface area contributed by atoms with E-state index in [9.17, 15) is 14.0 Å². The lowest BCUT2D eigenvalue weighted by atomic mass is 9.94. The first-order chi connectivity index (χ1) is 18.1. The number of hydrogen-bond donors (Lipinski definition) is 0. The van der Waals surface area contributed by atoms with Gasteiger partial charge in [-0.2, -0.15) is 0 Å². The van der Waals surface area contributed by atoms with E-state index in [0.29, 0.717) is 5.69 Å². The van der Waals surface area contributed by atoms with Crippen molar-refractivity contribution in [3.05, 3.63) is 89.7 Å². The van der Waals surface area contributed by atoms with Crippen LogP contribution >= 0.6 is 0 Å². The zero-order valence-electron chi connectivity index (χ0n) is 21.0. The predicted molar refractivity (Wildman–Crippen MR) is 144 cm³/mol. The van der Waals surface area contributed by atoms with Crippen LogP contribution in [0.3, 0.4) is 0 Å². The normalized spacial score (nSPS) is 19.5. The van der Waals surface area contributed by atoms with Crippen LogP contribution in [0.4, 0.5) is 21.5 Å². The summed E-state index contributed by atoms with van der Waals surface area (Å²) in [7, 11) is 0. The van der Waals surface area contributed by atoms with Crippen molar-refractivity contribution in [1.29, 1.82) is 0 Å². The molecule has 37 heavy (non-hydrogen) atoms. The summed E-state index contributed by atoms with van der Waals surface area (Å²) in [6, 6.07) is 21.3. The molecule has 2 heterocycles. The molecule has 3 aromatic rings. The molecular formula is C31H32FN3O2. The average molecular weight is 498 g/mol. The van der Waals surface area contributed by atoms with Crippen LogP contribution in [0, 0.1) is 5.82 Å². The monoisotopic (exact) mass is 497 g/mol. The molecule has 3 aliphatic rings. The Morgan fingerprint density at radius 3 is 2.46 bits per heavy atom. The number of aryl methyl sites for hydroxylation is 1. The molecular weight excluding hydrogens is 465 g/mol. The highest BCUT2D eigenvalue weighted by atomic mass is 19.1. The number of hydrogen-bond acceptors (Lipinski definition) is 3. The van der Waals surface area contributed by atoms with Gasteiger partial charge >= 0.3 is 0 Å². The summed E-state index contributed by atoms with van der Waals surface area (Å²) in [5.74, 6) is -0.729. The zero-order chi connectivity index (χ0) is 25.4. The van der Waals surface area contributed by atoms with E-state index in [1.54, 1.807) is 17.0 Å². The summed E-state index contributed by atoms with van der Waals surface area (Å²) in [6.07, 6.45) is 7.26. The van der Waals surface area contributed by atoms with E-state index in [2.05, 4.69) is 17.0 Å². The van der Waals surface area contributed by atoms with Gasteiger partial charge in [-0.25, -0.2) is 4.39 Å². The Morgan fingerprint density at radius 2 is 1.65 bits per heavy atom. The van der Waals surface area contributed by atoms with Gasteiger partial charge in [0, 0.05) is 35.2 Å². The van der Waals surface area contributed by atoms with Gasteiger partial charge in [0.1, 0.15) is 11.9 Å². The second-order valence-corrected chi connectivity index (χ2v) is 10.4. The Balaban J connectivity index is 1.40. The van der Waals surface area contributed by atoms with Crippen molar-refractivity contribution < 1.29 is 14.0 Å². The summed E-state index contributed by atoms with van der Waals surface area (Å²) in [5, 5.41) is 0. The first-order valence-electron chi connectivity index (χ1n) is 13.4. The van der Waals surface area contributed by atoms with Crippen LogP contribution in [0.1, 0.15) is 55.7 Å². The van der Waals surface area contributed by atoms with Crippen LogP contribution in [0.15, 0.2) is 72.8 Å². The van der Waals surface area contributed by atoms with Crippen molar-refractivity contribution in [1.82, 2.24) is 0 Å². The van der Waals surface area contributed by atoms with Crippen LogP contribution < -0.4 is 14.7 Å². The standard InChI is InChI=1S/C31H32FN3O2/c32-23-12-8-15-25(20-23)35(29(36)21-33-19-9-11-22-10-4-6-17-27(22)33)30-26-16-5-7-18-28(26)34(31(30)37)24-13-2-1-3-14-24/h4-8,10,12,15-18,20,24,30H,1-3,9,11,13-14,19,21H2. The highest BCUT2D eigenvalue weighted by molar-refractivity contribution is 6.12. The van der Waals surface area contributed by atoms with E-state index in [1.165, 1.54) is 24.1 Å². The van der Waals surface area contributed by atoms with Crippen molar-refractivity contribution in [2.45, 2.75) is 57.0 Å². The molecule has 1 fully saturated rings. The Hall–Kier alpha value is -3.67. The van der Waals surface area contributed by atoms with Crippen molar-refractivity contribution in [3.8, 4) is 0 Å². The summed E-state index contributed by atoms with van der Waals surface area (Å²) in [6.45, 7) is 0.895. The van der Waals surface area contributed by atoms with Crippen molar-refractivity contribution >= 4 is 28.9 Å². The largest absolute Gasteiger partial charge is 0.362 e. The number of halogens is 1. The SMILES string of the molecule is O=C1C(N(C(=O)CN2CCCc3ccccc32)c2cccc(F)c2)c2ccccc2N1C1CCCCC1. The van der Waals surface area contributed by atoms with E-state index >= 15 is 0 Å². The summed E-state index contributed by atoms with van der Waals surface area (Å²) in [5.41, 5.74) is 4.39. The summed E-state index contributed by atoms with van der Waals surface area (Å²) in [4.78, 5) is 33.9. The second-order valence-electron chi connectivity index (χ2n) is 10.4. The van der Waals surface area contributed by atoms with E-state index in [4.69, 9.17) is 0 Å². The van der Waals surface area contributed by atoms with Crippen LogP contribution in [-0.2, 0) is 16.0 Å². The molecule has 1 saturated carbocycles. The minimum atomic E-state index is -0.813. The Morgan fingerprint density at radius 1 is 0.892 bits per heavy atom. The molecule has 6 heteroatoms. The van der Waals surface area contributed by atoms with Crippen LogP contribution in [0.2, 0.25) is 0 Å². The van der Waals surface area contributed by atoms with E-state index < -0.39 is 11.9 Å². The minimum absolute atomic E-state index is 0.0928. The Kier molecular flexibility index (Phi) is 6.41. The van der Waals surface area contributed by atoms with E-state index in [0.717, 1.165) is 62.0 Å². The lowest BCUT2D eigenvalue weighted by molar-refractivity contribution is -0.124. The van der Waals surface area contributed by atoms with Gasteiger partial charge in [0.2, 0.25) is 5.91 Å².